The first-order chi connectivity index (χ1) is 19.8. The number of hydrogen-bond donors (Lipinski definition) is 2. The van der Waals surface area contributed by atoms with E-state index in [4.69, 9.17) is 18.8 Å². The number of benzene rings is 2. The van der Waals surface area contributed by atoms with Crippen molar-refractivity contribution < 1.29 is 42.8 Å². The van der Waals surface area contributed by atoms with Gasteiger partial charge in [-0.25, -0.2) is 9.59 Å². The molecule has 0 spiro atoms. The van der Waals surface area contributed by atoms with E-state index in [1.54, 1.807) is 64.2 Å². The molecule has 12 nitrogen and oxygen atoms in total. The Morgan fingerprint density at radius 2 is 1.52 bits per heavy atom. The molecule has 0 bridgehead atoms. The van der Waals surface area contributed by atoms with Crippen LogP contribution >= 0.6 is 0 Å². The van der Waals surface area contributed by atoms with Crippen molar-refractivity contribution in [3.8, 4) is 0 Å². The van der Waals surface area contributed by atoms with Crippen LogP contribution in [-0.4, -0.2) is 79.7 Å². The summed E-state index contributed by atoms with van der Waals surface area (Å²) in [5.41, 5.74) is 1.08. The molecule has 13 heteroatoms. The Morgan fingerprint density at radius 1 is 0.929 bits per heavy atom. The molecule has 0 radical (unpaired) electrons. The highest BCUT2D eigenvalue weighted by Gasteiger charge is 2.34. The lowest BCUT2D eigenvalue weighted by molar-refractivity contribution is -0.149. The molecule has 2 atom stereocenters. The molecule has 0 aliphatic carbocycles. The number of hydrogen-bond acceptors (Lipinski definition) is 10. The van der Waals surface area contributed by atoms with Gasteiger partial charge in [0.05, 0.1) is 13.1 Å². The zero-order chi connectivity index (χ0) is 30.9. The molecular formula is C29H36BN3O9. The van der Waals surface area contributed by atoms with Crippen molar-refractivity contribution in [2.75, 3.05) is 20.1 Å². The minimum Gasteiger partial charge on any atom is -0.494 e. The Balaban J connectivity index is 1.71. The van der Waals surface area contributed by atoms with Crippen LogP contribution in [0.25, 0.3) is 0 Å². The SMILES string of the molecule is C[C@H](NC(=O)OC(C)(C)C)C(=O)N[C@@H](Cc1ccc(B2OC(=O)CN(C)CC(=O)O2)cc1)C(=O)OCc1ccccc1. The fourth-order valence-corrected chi connectivity index (χ4v) is 3.89. The highest BCUT2D eigenvalue weighted by Crippen LogP contribution is 2.10. The number of carbonyl (C=O) groups is 5. The largest absolute Gasteiger partial charge is 0.636 e. The second-order valence-electron chi connectivity index (χ2n) is 11.0. The Hall–Kier alpha value is -4.39. The van der Waals surface area contributed by atoms with Crippen LogP contribution in [0.5, 0.6) is 0 Å². The number of carbonyl (C=O) groups excluding carboxylic acids is 5. The van der Waals surface area contributed by atoms with Crippen LogP contribution < -0.4 is 16.1 Å². The molecule has 42 heavy (non-hydrogen) atoms. The summed E-state index contributed by atoms with van der Waals surface area (Å²) in [5, 5.41) is 5.11. The summed E-state index contributed by atoms with van der Waals surface area (Å²) in [4.78, 5) is 63.9. The summed E-state index contributed by atoms with van der Waals surface area (Å²) >= 11 is 0. The quantitative estimate of drug-likeness (QED) is 0.326. The fourth-order valence-electron chi connectivity index (χ4n) is 3.89. The molecule has 1 saturated heterocycles. The van der Waals surface area contributed by atoms with Gasteiger partial charge < -0.3 is 29.4 Å². The first-order valence-corrected chi connectivity index (χ1v) is 13.5. The summed E-state index contributed by atoms with van der Waals surface area (Å²) in [6, 6.07) is 13.5. The van der Waals surface area contributed by atoms with E-state index in [2.05, 4.69) is 10.6 Å². The van der Waals surface area contributed by atoms with Gasteiger partial charge in [-0.1, -0.05) is 54.6 Å². The van der Waals surface area contributed by atoms with Crippen molar-refractivity contribution in [1.29, 1.82) is 0 Å². The van der Waals surface area contributed by atoms with Gasteiger partial charge >= 0.3 is 31.1 Å². The van der Waals surface area contributed by atoms with Crippen LogP contribution in [0.15, 0.2) is 54.6 Å². The molecule has 1 aliphatic heterocycles. The predicted molar refractivity (Wildman–Crippen MR) is 152 cm³/mol. The minimum absolute atomic E-state index is 0.00426. The average Bonchev–Trinajstić information content (AvgIpc) is 2.89. The van der Waals surface area contributed by atoms with E-state index >= 15 is 0 Å². The van der Waals surface area contributed by atoms with Gasteiger partial charge in [-0.2, -0.15) is 0 Å². The van der Waals surface area contributed by atoms with E-state index in [0.29, 0.717) is 11.0 Å². The predicted octanol–water partition coefficient (Wildman–Crippen LogP) is 1.10. The number of alkyl carbamates (subject to hydrolysis) is 1. The Kier molecular flexibility index (Phi) is 11.1. The van der Waals surface area contributed by atoms with Gasteiger partial charge in [-0.15, -0.1) is 0 Å². The molecule has 0 unspecified atom stereocenters. The lowest BCUT2D eigenvalue weighted by Gasteiger charge is -2.24. The van der Waals surface area contributed by atoms with Crippen molar-refractivity contribution in [2.24, 2.45) is 0 Å². The van der Waals surface area contributed by atoms with Crippen LogP contribution in [0.3, 0.4) is 0 Å². The molecule has 3 rings (SSSR count). The van der Waals surface area contributed by atoms with Crippen molar-refractivity contribution in [2.45, 2.75) is 58.4 Å². The number of nitrogens with zero attached hydrogens (tertiary/aromatic N) is 1. The third-order valence-electron chi connectivity index (χ3n) is 5.92. The molecule has 1 fully saturated rings. The Labute approximate surface area is 245 Å². The monoisotopic (exact) mass is 581 g/mol. The van der Waals surface area contributed by atoms with Crippen LogP contribution in [0, 0.1) is 0 Å². The number of ether oxygens (including phenoxy) is 2. The lowest BCUT2D eigenvalue weighted by atomic mass is 9.78. The van der Waals surface area contributed by atoms with E-state index in [1.165, 1.54) is 11.8 Å². The van der Waals surface area contributed by atoms with E-state index in [0.717, 1.165) is 5.56 Å². The van der Waals surface area contributed by atoms with Gasteiger partial charge in [-0.05, 0) is 45.9 Å². The molecule has 2 aromatic rings. The van der Waals surface area contributed by atoms with Crippen LogP contribution in [-0.2, 0) is 51.0 Å². The number of amides is 2. The maximum atomic E-state index is 13.1. The van der Waals surface area contributed by atoms with Gasteiger partial charge in [0.15, 0.2) is 0 Å². The number of likely N-dealkylation sites (N-methyl/N-ethyl adjacent to an activating group) is 1. The van der Waals surface area contributed by atoms with Gasteiger partial charge in [0.25, 0.3) is 0 Å². The van der Waals surface area contributed by atoms with Gasteiger partial charge in [0.2, 0.25) is 5.91 Å². The first-order valence-electron chi connectivity index (χ1n) is 13.5. The highest BCUT2D eigenvalue weighted by atomic mass is 16.6. The Morgan fingerprint density at radius 3 is 2.10 bits per heavy atom. The van der Waals surface area contributed by atoms with Crippen LogP contribution in [0.4, 0.5) is 4.79 Å². The molecule has 1 aliphatic rings. The molecule has 2 aromatic carbocycles. The smallest absolute Gasteiger partial charge is 0.494 e. The van der Waals surface area contributed by atoms with Crippen molar-refractivity contribution in [3.63, 3.8) is 0 Å². The van der Waals surface area contributed by atoms with E-state index in [-0.39, 0.29) is 26.1 Å². The first kappa shape index (κ1) is 32.1. The highest BCUT2D eigenvalue weighted by molar-refractivity contribution is 6.64. The number of esters is 1. The number of nitrogens with one attached hydrogen (secondary N) is 2. The fraction of sp³-hybridized carbons (Fsp3) is 0.414. The molecule has 2 N–H and O–H groups in total. The van der Waals surface area contributed by atoms with E-state index in [9.17, 15) is 24.0 Å². The van der Waals surface area contributed by atoms with Crippen LogP contribution in [0.2, 0.25) is 0 Å². The summed E-state index contributed by atoms with van der Waals surface area (Å²) in [6.07, 6.45) is -0.723. The zero-order valence-electron chi connectivity index (χ0n) is 24.4. The number of rotatable bonds is 9. The second-order valence-corrected chi connectivity index (χ2v) is 11.0. The average molecular weight is 581 g/mol. The molecular weight excluding hydrogens is 545 g/mol. The third-order valence-corrected chi connectivity index (χ3v) is 5.92. The van der Waals surface area contributed by atoms with Crippen molar-refractivity contribution >= 4 is 42.5 Å². The van der Waals surface area contributed by atoms with E-state index < -0.39 is 54.7 Å². The summed E-state index contributed by atoms with van der Waals surface area (Å²) < 4.78 is 21.3. The molecule has 2 amide bonds. The molecule has 0 aromatic heterocycles. The van der Waals surface area contributed by atoms with Crippen molar-refractivity contribution in [3.05, 3.63) is 65.7 Å². The minimum atomic E-state index is -1.21. The molecule has 0 saturated carbocycles. The van der Waals surface area contributed by atoms with E-state index in [1.807, 2.05) is 18.2 Å². The maximum absolute atomic E-state index is 13.1. The summed E-state index contributed by atoms with van der Waals surface area (Å²) in [5.74, 6) is -2.38. The van der Waals surface area contributed by atoms with Crippen LogP contribution in [0.1, 0.15) is 38.8 Å². The van der Waals surface area contributed by atoms with Gasteiger partial charge in [0, 0.05) is 11.9 Å². The molecule has 224 valence electrons. The van der Waals surface area contributed by atoms with Crippen molar-refractivity contribution in [1.82, 2.24) is 15.5 Å². The lowest BCUT2D eigenvalue weighted by Crippen LogP contribution is -2.52. The topological polar surface area (TPSA) is 150 Å². The normalized spacial score (nSPS) is 15.7. The standard InChI is InChI=1S/C29H36BN3O9/c1-19(31-28(38)40-29(2,3)4)26(36)32-23(27(37)39-18-21-9-7-6-8-10-21)15-20-11-13-22(14-12-20)30-41-24(34)16-33(5)17-25(35)42-30/h6-14,19,23H,15-18H2,1-5H3,(H,31,38)(H,32,36)/t19-,23-/m0/s1. The van der Waals surface area contributed by atoms with Gasteiger partial charge in [-0.3, -0.25) is 19.3 Å². The Bertz CT molecular complexity index is 1250. The second kappa shape index (κ2) is 14.5. The summed E-state index contributed by atoms with van der Waals surface area (Å²) in [7, 11) is 0.394. The zero-order valence-corrected chi connectivity index (χ0v) is 24.4. The molecule has 1 heterocycles. The maximum Gasteiger partial charge on any atom is 0.636 e. The van der Waals surface area contributed by atoms with Gasteiger partial charge in [0.1, 0.15) is 24.3 Å². The third kappa shape index (κ3) is 10.5. The summed E-state index contributed by atoms with van der Waals surface area (Å²) in [6.45, 7) is 6.45.